The van der Waals surface area contributed by atoms with Gasteiger partial charge in [-0.25, -0.2) is 0 Å². The Morgan fingerprint density at radius 1 is 1.30 bits per heavy atom. The average Bonchev–Trinajstić information content (AvgIpc) is 2.68. The second kappa shape index (κ2) is 7.62. The van der Waals surface area contributed by atoms with Gasteiger partial charge in [0.15, 0.2) is 0 Å². The maximum absolute atomic E-state index is 6.01. The van der Waals surface area contributed by atoms with Gasteiger partial charge in [0, 0.05) is 32.3 Å². The van der Waals surface area contributed by atoms with Gasteiger partial charge in [-0.2, -0.15) is 0 Å². The minimum atomic E-state index is 0.188. The first kappa shape index (κ1) is 15.3. The fourth-order valence-corrected chi connectivity index (χ4v) is 2.64. The summed E-state index contributed by atoms with van der Waals surface area (Å²) in [5.74, 6) is 0.919. The van der Waals surface area contributed by atoms with Crippen molar-refractivity contribution in [1.29, 1.82) is 0 Å². The van der Waals surface area contributed by atoms with Crippen LogP contribution in [0.4, 0.5) is 0 Å². The van der Waals surface area contributed by atoms with Crippen molar-refractivity contribution in [1.82, 2.24) is 4.90 Å². The van der Waals surface area contributed by atoms with E-state index in [0.29, 0.717) is 6.54 Å². The minimum absolute atomic E-state index is 0.188. The molecule has 0 aliphatic carbocycles. The van der Waals surface area contributed by atoms with Gasteiger partial charge in [0.05, 0.1) is 12.7 Å². The van der Waals surface area contributed by atoms with Crippen LogP contribution in [-0.2, 0) is 4.74 Å². The van der Waals surface area contributed by atoms with Gasteiger partial charge in [-0.15, -0.1) is 0 Å². The Morgan fingerprint density at radius 2 is 2.15 bits per heavy atom. The Hall–Kier alpha value is -1.10. The molecule has 4 nitrogen and oxygen atoms in total. The zero-order valence-electron chi connectivity index (χ0n) is 12.5. The second-order valence-electron chi connectivity index (χ2n) is 5.49. The molecule has 0 bridgehead atoms. The Morgan fingerprint density at radius 3 is 2.90 bits per heavy atom. The van der Waals surface area contributed by atoms with E-state index in [4.69, 9.17) is 15.2 Å². The summed E-state index contributed by atoms with van der Waals surface area (Å²) >= 11 is 0. The van der Waals surface area contributed by atoms with Crippen molar-refractivity contribution in [3.63, 3.8) is 0 Å². The molecule has 1 heterocycles. The number of nitrogens with zero attached hydrogens (tertiary/aromatic N) is 1. The van der Waals surface area contributed by atoms with Crippen molar-refractivity contribution in [2.24, 2.45) is 5.73 Å². The van der Waals surface area contributed by atoms with Gasteiger partial charge in [-0.1, -0.05) is 12.1 Å². The van der Waals surface area contributed by atoms with Crippen LogP contribution < -0.4 is 10.5 Å². The van der Waals surface area contributed by atoms with Gasteiger partial charge in [0.2, 0.25) is 0 Å². The van der Waals surface area contributed by atoms with Crippen molar-refractivity contribution in [3.05, 3.63) is 29.8 Å². The van der Waals surface area contributed by atoms with E-state index >= 15 is 0 Å². The molecule has 1 aliphatic heterocycles. The van der Waals surface area contributed by atoms with E-state index in [0.717, 1.165) is 38.5 Å². The number of nitrogens with two attached hydrogens (primary N) is 1. The monoisotopic (exact) mass is 278 g/mol. The molecule has 0 amide bonds. The zero-order chi connectivity index (χ0) is 14.4. The quantitative estimate of drug-likeness (QED) is 0.897. The lowest BCUT2D eigenvalue weighted by molar-refractivity contribution is 0.132. The van der Waals surface area contributed by atoms with Crippen LogP contribution in [0.3, 0.4) is 0 Å². The molecule has 0 spiro atoms. The summed E-state index contributed by atoms with van der Waals surface area (Å²) in [5.41, 5.74) is 7.24. The maximum atomic E-state index is 6.01. The highest BCUT2D eigenvalue weighted by atomic mass is 16.5. The Balaban J connectivity index is 2.13. The third-order valence-electron chi connectivity index (χ3n) is 3.54. The molecule has 1 aliphatic rings. The molecule has 1 unspecified atom stereocenters. The molecule has 20 heavy (non-hydrogen) atoms. The van der Waals surface area contributed by atoms with Gasteiger partial charge >= 0.3 is 0 Å². The smallest absolute Gasteiger partial charge is 0.120 e. The first-order valence-electron chi connectivity index (χ1n) is 7.49. The summed E-state index contributed by atoms with van der Waals surface area (Å²) < 4.78 is 11.3. The van der Waals surface area contributed by atoms with E-state index in [9.17, 15) is 0 Å². The summed E-state index contributed by atoms with van der Waals surface area (Å²) in [6, 6.07) is 8.54. The molecule has 1 fully saturated rings. The third kappa shape index (κ3) is 4.20. The van der Waals surface area contributed by atoms with Crippen molar-refractivity contribution in [2.45, 2.75) is 32.4 Å². The minimum Gasteiger partial charge on any atom is -0.491 e. The van der Waals surface area contributed by atoms with Crippen LogP contribution in [0.1, 0.15) is 31.9 Å². The SMILES string of the molecule is CC(C)Oc1cccc(C(CN)N2CCCOCC2)c1. The van der Waals surface area contributed by atoms with E-state index in [-0.39, 0.29) is 12.1 Å². The lowest BCUT2D eigenvalue weighted by atomic mass is 10.0. The number of rotatable bonds is 5. The van der Waals surface area contributed by atoms with Gasteiger partial charge < -0.3 is 15.2 Å². The third-order valence-corrected chi connectivity index (χ3v) is 3.54. The van der Waals surface area contributed by atoms with E-state index in [1.807, 2.05) is 26.0 Å². The highest BCUT2D eigenvalue weighted by Gasteiger charge is 2.20. The van der Waals surface area contributed by atoms with Crippen molar-refractivity contribution >= 4 is 0 Å². The topological polar surface area (TPSA) is 47.7 Å². The molecular formula is C16H26N2O2. The van der Waals surface area contributed by atoms with E-state index in [1.165, 1.54) is 5.56 Å². The van der Waals surface area contributed by atoms with E-state index in [2.05, 4.69) is 17.0 Å². The second-order valence-corrected chi connectivity index (χ2v) is 5.49. The molecule has 1 aromatic carbocycles. The molecule has 4 heteroatoms. The number of hydrogen-bond donors (Lipinski definition) is 1. The van der Waals surface area contributed by atoms with Crippen LogP contribution in [0.15, 0.2) is 24.3 Å². The summed E-state index contributed by atoms with van der Waals surface area (Å²) in [7, 11) is 0. The number of hydrogen-bond acceptors (Lipinski definition) is 4. The zero-order valence-corrected chi connectivity index (χ0v) is 12.5. The molecule has 2 N–H and O–H groups in total. The van der Waals surface area contributed by atoms with Crippen LogP contribution in [0.2, 0.25) is 0 Å². The summed E-state index contributed by atoms with van der Waals surface area (Å²) in [6.45, 7) is 8.32. The lowest BCUT2D eigenvalue weighted by Gasteiger charge is -2.29. The fourth-order valence-electron chi connectivity index (χ4n) is 2.64. The molecule has 112 valence electrons. The van der Waals surface area contributed by atoms with Gasteiger partial charge in [0.25, 0.3) is 0 Å². The first-order chi connectivity index (χ1) is 9.70. The molecule has 1 atom stereocenters. The predicted molar refractivity (Wildman–Crippen MR) is 81.0 cm³/mol. The Labute approximate surface area is 121 Å². The predicted octanol–water partition coefficient (Wildman–Crippen LogP) is 2.20. The average molecular weight is 278 g/mol. The van der Waals surface area contributed by atoms with Gasteiger partial charge in [-0.05, 0) is 38.0 Å². The van der Waals surface area contributed by atoms with E-state index in [1.54, 1.807) is 0 Å². The largest absolute Gasteiger partial charge is 0.491 e. The van der Waals surface area contributed by atoms with Crippen LogP contribution in [-0.4, -0.2) is 43.9 Å². The normalized spacial score (nSPS) is 18.8. The molecule has 2 rings (SSSR count). The van der Waals surface area contributed by atoms with Crippen LogP contribution >= 0.6 is 0 Å². The van der Waals surface area contributed by atoms with Gasteiger partial charge in [0.1, 0.15) is 5.75 Å². The molecular weight excluding hydrogens is 252 g/mol. The number of benzene rings is 1. The molecule has 0 radical (unpaired) electrons. The summed E-state index contributed by atoms with van der Waals surface area (Å²) in [4.78, 5) is 2.42. The van der Waals surface area contributed by atoms with E-state index < -0.39 is 0 Å². The molecule has 1 aromatic rings. The Kier molecular flexibility index (Phi) is 5.83. The highest BCUT2D eigenvalue weighted by Crippen LogP contribution is 2.25. The lowest BCUT2D eigenvalue weighted by Crippen LogP contribution is -2.35. The molecule has 1 saturated heterocycles. The fraction of sp³-hybridized carbons (Fsp3) is 0.625. The van der Waals surface area contributed by atoms with Crippen molar-refractivity contribution in [2.75, 3.05) is 32.8 Å². The Bertz CT molecular complexity index is 401. The molecule has 0 aromatic heterocycles. The standard InChI is InChI=1S/C16H26N2O2/c1-13(2)20-15-6-3-5-14(11-15)16(12-17)18-7-4-9-19-10-8-18/h3,5-6,11,13,16H,4,7-10,12,17H2,1-2H3. The van der Waals surface area contributed by atoms with Crippen molar-refractivity contribution < 1.29 is 9.47 Å². The maximum Gasteiger partial charge on any atom is 0.120 e. The highest BCUT2D eigenvalue weighted by molar-refractivity contribution is 5.31. The summed E-state index contributed by atoms with van der Waals surface area (Å²) in [6.07, 6.45) is 1.26. The number of ether oxygens (including phenoxy) is 2. The molecule has 0 saturated carbocycles. The van der Waals surface area contributed by atoms with Crippen molar-refractivity contribution in [3.8, 4) is 5.75 Å². The van der Waals surface area contributed by atoms with Gasteiger partial charge in [-0.3, -0.25) is 4.90 Å². The van der Waals surface area contributed by atoms with Crippen LogP contribution in [0.5, 0.6) is 5.75 Å². The summed E-state index contributed by atoms with van der Waals surface area (Å²) in [5, 5.41) is 0. The first-order valence-corrected chi connectivity index (χ1v) is 7.49. The van der Waals surface area contributed by atoms with Crippen LogP contribution in [0.25, 0.3) is 0 Å². The van der Waals surface area contributed by atoms with Crippen LogP contribution in [0, 0.1) is 0 Å².